The Morgan fingerprint density at radius 1 is 1.38 bits per heavy atom. The van der Waals surface area contributed by atoms with E-state index in [1.54, 1.807) is 29.9 Å². The van der Waals surface area contributed by atoms with Gasteiger partial charge in [0, 0.05) is 43.0 Å². The average Bonchev–Trinajstić information content (AvgIpc) is 3.13. The quantitative estimate of drug-likeness (QED) is 0.255. The lowest BCUT2D eigenvalue weighted by atomic mass is 10.1. The molecule has 29 heavy (non-hydrogen) atoms. The molecular formula is C18H20ClFN9+. The van der Waals surface area contributed by atoms with Crippen molar-refractivity contribution in [2.45, 2.75) is 18.5 Å². The number of pyridine rings is 1. The second kappa shape index (κ2) is 8.19. The normalized spacial score (nSPS) is 20.1. The van der Waals surface area contributed by atoms with Gasteiger partial charge in [0.1, 0.15) is 17.4 Å². The third-order valence-corrected chi connectivity index (χ3v) is 5.29. The lowest BCUT2D eigenvalue weighted by Crippen LogP contribution is -2.93. The molecule has 0 saturated carbocycles. The number of amidine groups is 1. The van der Waals surface area contributed by atoms with Gasteiger partial charge in [-0.05, 0) is 17.4 Å². The molecule has 0 spiro atoms. The molecule has 9 nitrogen and oxygen atoms in total. The molecule has 2 aromatic heterocycles. The summed E-state index contributed by atoms with van der Waals surface area (Å²) in [6, 6.07) is 1.53. The third-order valence-electron chi connectivity index (χ3n) is 4.99. The first kappa shape index (κ1) is 19.4. The Morgan fingerprint density at radius 2 is 2.21 bits per heavy atom. The van der Waals surface area contributed by atoms with Crippen LogP contribution in [0.25, 0.3) is 11.1 Å². The van der Waals surface area contributed by atoms with Crippen LogP contribution in [0.3, 0.4) is 0 Å². The number of anilines is 1. The third kappa shape index (κ3) is 3.95. The van der Waals surface area contributed by atoms with E-state index < -0.39 is 11.9 Å². The number of nitrogens with one attached hydrogen (secondary N) is 2. The summed E-state index contributed by atoms with van der Waals surface area (Å²) in [5.41, 5.74) is 15.3. The molecule has 150 valence electrons. The van der Waals surface area contributed by atoms with Gasteiger partial charge in [-0.3, -0.25) is 10.00 Å². The first-order chi connectivity index (χ1) is 14.1. The number of nitrogens with two attached hydrogens (primary N) is 2. The Hall–Kier alpha value is -2.95. The van der Waals surface area contributed by atoms with Crippen molar-refractivity contribution >= 4 is 23.3 Å². The molecule has 1 fully saturated rings. The van der Waals surface area contributed by atoms with E-state index >= 15 is 0 Å². The van der Waals surface area contributed by atoms with E-state index in [0.29, 0.717) is 18.0 Å². The van der Waals surface area contributed by atoms with Crippen LogP contribution in [0.1, 0.15) is 18.0 Å². The highest BCUT2D eigenvalue weighted by Crippen LogP contribution is 2.24. The number of hydrogen-bond donors (Lipinski definition) is 4. The molecule has 1 saturated heterocycles. The Bertz CT molecular complexity index is 1020. The van der Waals surface area contributed by atoms with Crippen LogP contribution in [0.4, 0.5) is 10.2 Å². The number of allylic oxidation sites excluding steroid dienone is 2. The predicted molar refractivity (Wildman–Crippen MR) is 107 cm³/mol. The lowest BCUT2D eigenvalue weighted by molar-refractivity contribution is -0.572. The maximum absolute atomic E-state index is 14.4. The second-order valence-corrected chi connectivity index (χ2v) is 7.28. The lowest BCUT2D eigenvalue weighted by Gasteiger charge is -2.27. The van der Waals surface area contributed by atoms with Crippen molar-refractivity contribution in [3.63, 3.8) is 0 Å². The number of nitrogen functional groups attached to an aromatic ring is 1. The number of halogens is 2. The first-order valence-electron chi connectivity index (χ1n) is 9.09. The number of hydrogen-bond acceptors (Lipinski definition) is 6. The van der Waals surface area contributed by atoms with Crippen molar-refractivity contribution in [2.24, 2.45) is 10.3 Å². The Labute approximate surface area is 171 Å². The van der Waals surface area contributed by atoms with Gasteiger partial charge < -0.3 is 11.1 Å². The van der Waals surface area contributed by atoms with Crippen molar-refractivity contribution in [3.8, 4) is 11.1 Å². The molecule has 11 heteroatoms. The molecule has 0 radical (unpaired) electrons. The van der Waals surface area contributed by atoms with Crippen LogP contribution in [0.5, 0.6) is 0 Å². The van der Waals surface area contributed by atoms with E-state index in [9.17, 15) is 4.39 Å². The van der Waals surface area contributed by atoms with Crippen LogP contribution in [0.2, 0.25) is 0 Å². The molecule has 1 aliphatic carbocycles. The largest absolute Gasteiger partial charge is 0.383 e. The van der Waals surface area contributed by atoms with E-state index in [1.165, 1.54) is 6.08 Å². The van der Waals surface area contributed by atoms with Crippen LogP contribution in [-0.4, -0.2) is 39.7 Å². The molecule has 1 atom stereocenters. The van der Waals surface area contributed by atoms with Gasteiger partial charge in [-0.25, -0.2) is 9.37 Å². The zero-order valence-corrected chi connectivity index (χ0v) is 16.1. The van der Waals surface area contributed by atoms with Crippen LogP contribution >= 0.6 is 11.6 Å². The molecule has 0 bridgehead atoms. The summed E-state index contributed by atoms with van der Waals surface area (Å²) in [4.78, 5) is 4.25. The molecule has 0 aromatic carbocycles. The molecule has 1 unspecified atom stereocenters. The summed E-state index contributed by atoms with van der Waals surface area (Å²) in [6.45, 7) is 1.78. The van der Waals surface area contributed by atoms with Gasteiger partial charge in [0.2, 0.25) is 0 Å². The van der Waals surface area contributed by atoms with Gasteiger partial charge in [0.05, 0.1) is 17.3 Å². The number of aromatic nitrogens is 3. The van der Waals surface area contributed by atoms with Crippen molar-refractivity contribution in [2.75, 3.05) is 18.8 Å². The summed E-state index contributed by atoms with van der Waals surface area (Å²) in [5.74, 6) is 0.0251. The average molecular weight is 417 g/mol. The van der Waals surface area contributed by atoms with E-state index in [1.807, 2.05) is 10.9 Å². The maximum Gasteiger partial charge on any atom is 0.257 e. The monoisotopic (exact) mass is 416 g/mol. The molecule has 0 amide bonds. The highest BCUT2D eigenvalue weighted by atomic mass is 35.5. The van der Waals surface area contributed by atoms with Crippen molar-refractivity contribution in [1.82, 2.24) is 20.1 Å². The van der Waals surface area contributed by atoms with Crippen LogP contribution in [0.15, 0.2) is 58.0 Å². The van der Waals surface area contributed by atoms with Gasteiger partial charge in [0.25, 0.3) is 5.84 Å². The minimum Gasteiger partial charge on any atom is -0.383 e. The van der Waals surface area contributed by atoms with E-state index in [0.717, 1.165) is 24.2 Å². The fourth-order valence-corrected chi connectivity index (χ4v) is 3.46. The molecule has 6 N–H and O–H groups in total. The number of quaternary nitrogens is 1. The van der Waals surface area contributed by atoms with Gasteiger partial charge in [-0.2, -0.15) is 10.6 Å². The fraction of sp³-hybridized carbons (Fsp3) is 0.278. The Kier molecular flexibility index (Phi) is 5.47. The van der Waals surface area contributed by atoms with E-state index in [4.69, 9.17) is 22.9 Å². The summed E-state index contributed by atoms with van der Waals surface area (Å²) in [6.07, 6.45) is 9.09. The molecule has 2 aliphatic rings. The standard InChI is InChI=1S/C18H19ClFN9/c19-14-2-1-3-15(16(14)20)26-18(27-28-22)13-4-10(5-24-17(13)21)11-6-25-29(9-11)12-7-23-8-12/h1-2,4-6,9,12,15,23H,3,7-8H2,(H2,21,24)(H2,22,26,27)/p+1. The Balaban J connectivity index is 1.64. The molecular weight excluding hydrogens is 397 g/mol. The Morgan fingerprint density at radius 3 is 2.93 bits per heavy atom. The predicted octanol–water partition coefficient (Wildman–Crippen LogP) is 1.68. The summed E-state index contributed by atoms with van der Waals surface area (Å²) in [5, 5.41) is 16.2. The smallest absolute Gasteiger partial charge is 0.257 e. The number of nitrogens with zero attached hydrogens (tertiary/aromatic N) is 5. The van der Waals surface area contributed by atoms with Crippen LogP contribution in [0, 0.1) is 5.53 Å². The highest BCUT2D eigenvalue weighted by Gasteiger charge is 2.27. The second-order valence-electron chi connectivity index (χ2n) is 6.87. The van der Waals surface area contributed by atoms with Gasteiger partial charge in [0.15, 0.2) is 5.83 Å². The van der Waals surface area contributed by atoms with E-state index in [2.05, 4.69) is 25.7 Å². The summed E-state index contributed by atoms with van der Waals surface area (Å²) in [7, 11) is 0. The van der Waals surface area contributed by atoms with Crippen molar-refractivity contribution < 1.29 is 9.71 Å². The van der Waals surface area contributed by atoms with Gasteiger partial charge in [-0.15, -0.1) is 0 Å². The molecule has 4 rings (SSSR count). The van der Waals surface area contributed by atoms with Crippen molar-refractivity contribution in [1.29, 1.82) is 5.53 Å². The molecule has 2 aromatic rings. The van der Waals surface area contributed by atoms with E-state index in [-0.39, 0.29) is 16.7 Å². The topological polar surface area (TPSA) is 134 Å². The SMILES string of the molecule is N=N/N=C(\[NH2+]C1CC=CC(Cl)=C1F)c1cc(-c2cnn(C3CNC3)c2)cnc1N. The van der Waals surface area contributed by atoms with Crippen molar-refractivity contribution in [3.05, 3.63) is 53.2 Å². The fourth-order valence-electron chi connectivity index (χ4n) is 3.23. The molecule has 1 aliphatic heterocycles. The zero-order valence-electron chi connectivity index (χ0n) is 15.4. The zero-order chi connectivity index (χ0) is 20.4. The van der Waals surface area contributed by atoms with Crippen LogP contribution < -0.4 is 16.4 Å². The summed E-state index contributed by atoms with van der Waals surface area (Å²) >= 11 is 5.90. The number of rotatable bonds is 5. The maximum atomic E-state index is 14.4. The van der Waals surface area contributed by atoms with Gasteiger partial charge >= 0.3 is 0 Å². The van der Waals surface area contributed by atoms with Crippen LogP contribution in [-0.2, 0) is 0 Å². The highest BCUT2D eigenvalue weighted by molar-refractivity contribution is 6.31. The minimum atomic E-state index is -0.607. The van der Waals surface area contributed by atoms with Gasteiger partial charge in [-0.1, -0.05) is 22.8 Å². The molecule has 3 heterocycles. The first-order valence-corrected chi connectivity index (χ1v) is 9.46. The minimum absolute atomic E-state index is 0.0532. The summed E-state index contributed by atoms with van der Waals surface area (Å²) < 4.78 is 16.3.